The van der Waals surface area contributed by atoms with Crippen LogP contribution in [0.5, 0.6) is 0 Å². The first kappa shape index (κ1) is 10.6. The van der Waals surface area contributed by atoms with Crippen molar-refractivity contribution in [1.29, 1.82) is 0 Å². The Labute approximate surface area is 95.3 Å². The molecule has 16 heavy (non-hydrogen) atoms. The van der Waals surface area contributed by atoms with E-state index in [2.05, 4.69) is 20.6 Å². The molecule has 0 aromatic carbocycles. The number of aryl methyl sites for hydroxylation is 1. The fraction of sp³-hybridized carbons (Fsp3) is 0.250. The summed E-state index contributed by atoms with van der Waals surface area (Å²) in [6, 6.07) is 0. The average Bonchev–Trinajstić information content (AvgIpc) is 2.84. The zero-order valence-electron chi connectivity index (χ0n) is 8.54. The van der Waals surface area contributed by atoms with E-state index in [-0.39, 0.29) is 16.0 Å². The van der Waals surface area contributed by atoms with Crippen LogP contribution in [-0.2, 0) is 13.6 Å². The van der Waals surface area contributed by atoms with Gasteiger partial charge in [0.25, 0.3) is 5.91 Å². The Morgan fingerprint density at radius 2 is 2.44 bits per heavy atom. The highest BCUT2D eigenvalue weighted by Gasteiger charge is 2.11. The number of amides is 1. The van der Waals surface area contributed by atoms with Gasteiger partial charge in [0.1, 0.15) is 0 Å². The number of nitrogens with two attached hydrogens (primary N) is 1. The van der Waals surface area contributed by atoms with Crippen molar-refractivity contribution >= 4 is 22.4 Å². The summed E-state index contributed by atoms with van der Waals surface area (Å²) < 4.78 is 1.67. The number of rotatable bonds is 3. The molecule has 0 saturated heterocycles. The van der Waals surface area contributed by atoms with E-state index >= 15 is 0 Å². The zero-order valence-corrected chi connectivity index (χ0v) is 9.36. The van der Waals surface area contributed by atoms with Crippen LogP contribution in [0, 0.1) is 0 Å². The Bertz CT molecular complexity index is 504. The van der Waals surface area contributed by atoms with Gasteiger partial charge in [-0.3, -0.25) is 9.48 Å². The van der Waals surface area contributed by atoms with Crippen LogP contribution < -0.4 is 11.1 Å². The van der Waals surface area contributed by atoms with E-state index in [0.29, 0.717) is 6.54 Å². The lowest BCUT2D eigenvalue weighted by molar-refractivity contribution is 0.0950. The fourth-order valence-corrected chi connectivity index (χ4v) is 1.67. The van der Waals surface area contributed by atoms with Crippen molar-refractivity contribution in [2.24, 2.45) is 7.05 Å². The van der Waals surface area contributed by atoms with Crippen molar-refractivity contribution in [3.8, 4) is 0 Å². The summed E-state index contributed by atoms with van der Waals surface area (Å²) in [5.41, 5.74) is 6.30. The molecular weight excluding hydrogens is 228 g/mol. The maximum absolute atomic E-state index is 11.6. The Morgan fingerprint density at radius 1 is 1.62 bits per heavy atom. The maximum Gasteiger partial charge on any atom is 0.282 e. The molecule has 2 aromatic heterocycles. The predicted octanol–water partition coefficient (Wildman–Crippen LogP) is -0.216. The van der Waals surface area contributed by atoms with Crippen LogP contribution in [-0.4, -0.2) is 25.9 Å². The van der Waals surface area contributed by atoms with Crippen LogP contribution >= 0.6 is 11.3 Å². The summed E-state index contributed by atoms with van der Waals surface area (Å²) >= 11 is 1.06. The fourth-order valence-electron chi connectivity index (χ4n) is 1.15. The molecule has 0 fully saturated rings. The van der Waals surface area contributed by atoms with E-state index in [9.17, 15) is 4.79 Å². The van der Waals surface area contributed by atoms with Gasteiger partial charge in [-0.2, -0.15) is 5.10 Å². The van der Waals surface area contributed by atoms with Gasteiger partial charge >= 0.3 is 0 Å². The van der Waals surface area contributed by atoms with Crippen LogP contribution in [0.3, 0.4) is 0 Å². The Kier molecular flexibility index (Phi) is 2.82. The molecule has 0 radical (unpaired) electrons. The summed E-state index contributed by atoms with van der Waals surface area (Å²) in [6.45, 7) is 0.409. The van der Waals surface area contributed by atoms with Crippen molar-refractivity contribution < 1.29 is 4.79 Å². The number of nitrogens with one attached hydrogen (secondary N) is 1. The van der Waals surface area contributed by atoms with Gasteiger partial charge in [0.15, 0.2) is 0 Å². The monoisotopic (exact) mass is 238 g/mol. The number of hydrogen-bond donors (Lipinski definition) is 2. The van der Waals surface area contributed by atoms with Gasteiger partial charge < -0.3 is 11.1 Å². The van der Waals surface area contributed by atoms with Gasteiger partial charge in [0, 0.05) is 25.4 Å². The summed E-state index contributed by atoms with van der Waals surface area (Å²) in [5, 5.41) is 14.5. The Hall–Kier alpha value is -1.96. The topological polar surface area (TPSA) is 98.7 Å². The van der Waals surface area contributed by atoms with E-state index in [1.54, 1.807) is 10.9 Å². The third kappa shape index (κ3) is 2.34. The molecule has 0 aliphatic carbocycles. The van der Waals surface area contributed by atoms with Crippen molar-refractivity contribution in [3.63, 3.8) is 0 Å². The maximum atomic E-state index is 11.6. The van der Waals surface area contributed by atoms with E-state index < -0.39 is 0 Å². The van der Waals surface area contributed by atoms with E-state index in [1.807, 2.05) is 13.2 Å². The molecule has 0 bridgehead atoms. The lowest BCUT2D eigenvalue weighted by Gasteiger charge is -1.98. The van der Waals surface area contributed by atoms with E-state index in [4.69, 9.17) is 5.73 Å². The number of carbonyl (C=O) groups excluding carboxylic acids is 1. The molecular formula is C8H10N6OS. The van der Waals surface area contributed by atoms with E-state index in [1.165, 1.54) is 0 Å². The van der Waals surface area contributed by atoms with Gasteiger partial charge in [-0.15, -0.1) is 10.2 Å². The predicted molar refractivity (Wildman–Crippen MR) is 58.7 cm³/mol. The standard InChI is InChI=1S/C8H10N6OS/c1-14-4-5(3-11-14)2-10-6(15)7-12-13-8(9)16-7/h3-4H,2H2,1H3,(H2,9,13)(H,10,15). The molecule has 1 amide bonds. The molecule has 0 atom stereocenters. The lowest BCUT2D eigenvalue weighted by Crippen LogP contribution is -2.22. The number of nitrogen functional groups attached to an aromatic ring is 1. The number of aromatic nitrogens is 4. The van der Waals surface area contributed by atoms with Gasteiger partial charge in [-0.05, 0) is 0 Å². The third-order valence-electron chi connectivity index (χ3n) is 1.85. The van der Waals surface area contributed by atoms with E-state index in [0.717, 1.165) is 16.9 Å². The third-order valence-corrected chi connectivity index (χ3v) is 2.60. The second kappa shape index (κ2) is 4.27. The molecule has 8 heteroatoms. The smallest absolute Gasteiger partial charge is 0.282 e. The van der Waals surface area contributed by atoms with Crippen molar-refractivity contribution in [2.75, 3.05) is 5.73 Å². The van der Waals surface area contributed by atoms with Crippen molar-refractivity contribution in [1.82, 2.24) is 25.3 Å². The molecule has 0 unspecified atom stereocenters. The molecule has 0 aliphatic heterocycles. The average molecular weight is 238 g/mol. The molecule has 0 saturated carbocycles. The minimum absolute atomic E-state index is 0.265. The highest BCUT2D eigenvalue weighted by molar-refractivity contribution is 7.16. The van der Waals surface area contributed by atoms with Crippen molar-refractivity contribution in [2.45, 2.75) is 6.54 Å². The first-order valence-electron chi connectivity index (χ1n) is 4.50. The summed E-state index contributed by atoms with van der Waals surface area (Å²) in [6.07, 6.45) is 3.52. The Morgan fingerprint density at radius 3 is 3.00 bits per heavy atom. The molecule has 3 N–H and O–H groups in total. The van der Waals surface area contributed by atoms with Crippen molar-refractivity contribution in [3.05, 3.63) is 23.0 Å². The number of carbonyl (C=O) groups is 1. The Balaban J connectivity index is 1.93. The first-order valence-corrected chi connectivity index (χ1v) is 5.31. The van der Waals surface area contributed by atoms with Gasteiger partial charge in [-0.1, -0.05) is 11.3 Å². The minimum Gasteiger partial charge on any atom is -0.374 e. The van der Waals surface area contributed by atoms with Gasteiger partial charge in [0.05, 0.1) is 6.20 Å². The molecule has 2 rings (SSSR count). The molecule has 0 aliphatic rings. The highest BCUT2D eigenvalue weighted by atomic mass is 32.1. The van der Waals surface area contributed by atoms with Gasteiger partial charge in [0.2, 0.25) is 10.1 Å². The summed E-state index contributed by atoms with van der Waals surface area (Å²) in [5.74, 6) is -0.280. The SMILES string of the molecule is Cn1cc(CNC(=O)c2nnc(N)s2)cn1. The summed E-state index contributed by atoms with van der Waals surface area (Å²) in [7, 11) is 1.82. The first-order chi connectivity index (χ1) is 7.65. The number of nitrogens with zero attached hydrogens (tertiary/aromatic N) is 4. The number of hydrogen-bond acceptors (Lipinski definition) is 6. The molecule has 0 spiro atoms. The second-order valence-electron chi connectivity index (χ2n) is 3.15. The quantitative estimate of drug-likeness (QED) is 0.770. The van der Waals surface area contributed by atoms with Crippen LogP contribution in [0.2, 0.25) is 0 Å². The summed E-state index contributed by atoms with van der Waals surface area (Å²) in [4.78, 5) is 11.6. The van der Waals surface area contributed by atoms with Crippen LogP contribution in [0.4, 0.5) is 5.13 Å². The normalized spacial score (nSPS) is 10.3. The molecule has 2 heterocycles. The van der Waals surface area contributed by atoms with Crippen LogP contribution in [0.1, 0.15) is 15.4 Å². The number of anilines is 1. The van der Waals surface area contributed by atoms with Crippen LogP contribution in [0.15, 0.2) is 12.4 Å². The lowest BCUT2D eigenvalue weighted by atomic mass is 10.3. The molecule has 84 valence electrons. The zero-order chi connectivity index (χ0) is 11.5. The second-order valence-corrected chi connectivity index (χ2v) is 4.16. The minimum atomic E-state index is -0.280. The highest BCUT2D eigenvalue weighted by Crippen LogP contribution is 2.10. The molecule has 2 aromatic rings. The van der Waals surface area contributed by atoms with Gasteiger partial charge in [-0.25, -0.2) is 0 Å². The van der Waals surface area contributed by atoms with Crippen LogP contribution in [0.25, 0.3) is 0 Å². The molecule has 7 nitrogen and oxygen atoms in total. The largest absolute Gasteiger partial charge is 0.374 e.